The number of ether oxygens (including phenoxy) is 3. The number of aryl methyl sites for hydroxylation is 1. The molecule has 3 aromatic rings. The molecule has 34 heavy (non-hydrogen) atoms. The number of carbonyl (C=O) groups excluding carboxylic acids is 1. The number of aliphatic hydroxyl groups is 1. The lowest BCUT2D eigenvalue weighted by molar-refractivity contribution is -0.142. The first kappa shape index (κ1) is 23.8. The highest BCUT2D eigenvalue weighted by Gasteiger charge is 2.30. The standard InChI is InChI=1S/C28H31NO5/c1-4-33-27(31)15-19-10-12-25(32-3)26(14-19)34-24-11-9-18(2)13-21(24)17-29-28-22-8-6-5-7-20(22)16-23(28)30/h5-14,23,28-30H,4,15-17H2,1-3H3/t23-,28+/m1/s1. The van der Waals surface area contributed by atoms with Gasteiger partial charge in [-0.15, -0.1) is 0 Å². The first-order chi connectivity index (χ1) is 16.5. The summed E-state index contributed by atoms with van der Waals surface area (Å²) in [6.07, 6.45) is 0.344. The zero-order chi connectivity index (χ0) is 24.1. The third kappa shape index (κ3) is 5.41. The van der Waals surface area contributed by atoms with Gasteiger partial charge in [0, 0.05) is 18.5 Å². The van der Waals surface area contributed by atoms with E-state index in [2.05, 4.69) is 23.5 Å². The van der Waals surface area contributed by atoms with Crippen molar-refractivity contribution < 1.29 is 24.1 Å². The van der Waals surface area contributed by atoms with E-state index in [1.165, 1.54) is 5.56 Å². The molecule has 0 heterocycles. The zero-order valence-corrected chi connectivity index (χ0v) is 19.8. The number of nitrogens with one attached hydrogen (secondary N) is 1. The van der Waals surface area contributed by atoms with E-state index in [0.717, 1.165) is 22.3 Å². The molecule has 0 aliphatic heterocycles. The van der Waals surface area contributed by atoms with Gasteiger partial charge in [0.2, 0.25) is 0 Å². The normalized spacial score (nSPS) is 16.7. The van der Waals surface area contributed by atoms with Gasteiger partial charge in [-0.25, -0.2) is 0 Å². The molecular formula is C28H31NO5. The Morgan fingerprint density at radius 1 is 1.06 bits per heavy atom. The lowest BCUT2D eigenvalue weighted by Crippen LogP contribution is -2.28. The van der Waals surface area contributed by atoms with Crippen molar-refractivity contribution in [3.05, 3.63) is 88.5 Å². The van der Waals surface area contributed by atoms with Gasteiger partial charge in [-0.05, 0) is 48.7 Å². The van der Waals surface area contributed by atoms with E-state index in [1.807, 2.05) is 43.3 Å². The van der Waals surface area contributed by atoms with Crippen molar-refractivity contribution in [3.63, 3.8) is 0 Å². The third-order valence-electron chi connectivity index (χ3n) is 6.03. The van der Waals surface area contributed by atoms with E-state index in [9.17, 15) is 9.90 Å². The van der Waals surface area contributed by atoms with Crippen LogP contribution < -0.4 is 14.8 Å². The van der Waals surface area contributed by atoms with E-state index in [1.54, 1.807) is 20.1 Å². The van der Waals surface area contributed by atoms with Gasteiger partial charge in [0.1, 0.15) is 5.75 Å². The summed E-state index contributed by atoms with van der Waals surface area (Å²) in [5.74, 6) is 1.51. The summed E-state index contributed by atoms with van der Waals surface area (Å²) < 4.78 is 16.9. The molecule has 6 nitrogen and oxygen atoms in total. The Morgan fingerprint density at radius 2 is 1.85 bits per heavy atom. The van der Waals surface area contributed by atoms with E-state index in [4.69, 9.17) is 14.2 Å². The van der Waals surface area contributed by atoms with Crippen molar-refractivity contribution in [3.8, 4) is 17.2 Å². The minimum atomic E-state index is -0.466. The quantitative estimate of drug-likeness (QED) is 0.452. The van der Waals surface area contributed by atoms with Crippen LogP contribution in [0.1, 0.15) is 40.8 Å². The highest BCUT2D eigenvalue weighted by atomic mass is 16.5. The maximum absolute atomic E-state index is 11.9. The molecule has 3 aromatic carbocycles. The summed E-state index contributed by atoms with van der Waals surface area (Å²) in [5.41, 5.74) is 5.18. The summed E-state index contributed by atoms with van der Waals surface area (Å²) in [7, 11) is 1.59. The zero-order valence-electron chi connectivity index (χ0n) is 19.8. The molecule has 0 bridgehead atoms. The van der Waals surface area contributed by atoms with Gasteiger partial charge in [-0.2, -0.15) is 0 Å². The Morgan fingerprint density at radius 3 is 2.65 bits per heavy atom. The summed E-state index contributed by atoms with van der Waals surface area (Å²) in [5, 5.41) is 14.1. The van der Waals surface area contributed by atoms with E-state index in [0.29, 0.717) is 36.8 Å². The Kier molecular flexibility index (Phi) is 7.50. The maximum Gasteiger partial charge on any atom is 0.310 e. The second kappa shape index (κ2) is 10.7. The lowest BCUT2D eigenvalue weighted by Gasteiger charge is -2.20. The van der Waals surface area contributed by atoms with Gasteiger partial charge >= 0.3 is 5.97 Å². The Labute approximate surface area is 200 Å². The van der Waals surface area contributed by atoms with Crippen LogP contribution in [0.3, 0.4) is 0 Å². The second-order valence-electron chi connectivity index (χ2n) is 8.51. The van der Waals surface area contributed by atoms with Crippen LogP contribution >= 0.6 is 0 Å². The fourth-order valence-electron chi connectivity index (χ4n) is 4.39. The summed E-state index contributed by atoms with van der Waals surface area (Å²) in [4.78, 5) is 11.9. The van der Waals surface area contributed by atoms with Gasteiger partial charge in [0.25, 0.3) is 0 Å². The smallest absolute Gasteiger partial charge is 0.310 e. The fraction of sp³-hybridized carbons (Fsp3) is 0.321. The molecule has 2 N–H and O–H groups in total. The predicted molar refractivity (Wildman–Crippen MR) is 130 cm³/mol. The molecule has 0 saturated carbocycles. The molecule has 178 valence electrons. The number of hydrogen-bond donors (Lipinski definition) is 2. The lowest BCUT2D eigenvalue weighted by atomic mass is 10.1. The fourth-order valence-corrected chi connectivity index (χ4v) is 4.39. The molecule has 0 unspecified atom stereocenters. The van der Waals surface area contributed by atoms with Gasteiger partial charge in [0.15, 0.2) is 11.5 Å². The van der Waals surface area contributed by atoms with Crippen molar-refractivity contribution in [2.75, 3.05) is 13.7 Å². The van der Waals surface area contributed by atoms with Gasteiger partial charge in [0.05, 0.1) is 32.3 Å². The van der Waals surface area contributed by atoms with Crippen molar-refractivity contribution in [1.29, 1.82) is 0 Å². The number of benzene rings is 3. The molecule has 1 aliphatic carbocycles. The minimum absolute atomic E-state index is 0.132. The van der Waals surface area contributed by atoms with Crippen LogP contribution in [0.4, 0.5) is 0 Å². The highest BCUT2D eigenvalue weighted by molar-refractivity contribution is 5.73. The van der Waals surface area contributed by atoms with Crippen LogP contribution in [0.25, 0.3) is 0 Å². The maximum atomic E-state index is 11.9. The van der Waals surface area contributed by atoms with Crippen LogP contribution in [-0.2, 0) is 28.9 Å². The molecule has 0 spiro atoms. The number of hydrogen-bond acceptors (Lipinski definition) is 6. The molecular weight excluding hydrogens is 430 g/mol. The minimum Gasteiger partial charge on any atom is -0.493 e. The van der Waals surface area contributed by atoms with Crippen molar-refractivity contribution >= 4 is 5.97 Å². The topological polar surface area (TPSA) is 77.0 Å². The largest absolute Gasteiger partial charge is 0.493 e. The van der Waals surface area contributed by atoms with Crippen LogP contribution in [-0.4, -0.2) is 30.9 Å². The monoisotopic (exact) mass is 461 g/mol. The average Bonchev–Trinajstić information content (AvgIpc) is 3.14. The summed E-state index contributed by atoms with van der Waals surface area (Å²) in [6.45, 7) is 4.69. The Bertz CT molecular complexity index is 1160. The number of methoxy groups -OCH3 is 1. The van der Waals surface area contributed by atoms with Crippen molar-refractivity contribution in [2.24, 2.45) is 0 Å². The molecule has 2 atom stereocenters. The van der Waals surface area contributed by atoms with E-state index < -0.39 is 6.10 Å². The van der Waals surface area contributed by atoms with Gasteiger partial charge < -0.3 is 24.6 Å². The number of fused-ring (bicyclic) bond motifs is 1. The molecule has 0 aromatic heterocycles. The van der Waals surface area contributed by atoms with Crippen LogP contribution in [0, 0.1) is 6.92 Å². The molecule has 6 heteroatoms. The SMILES string of the molecule is CCOC(=O)Cc1ccc(OC)c(Oc2ccc(C)cc2CN[C@H]2c3ccccc3C[C@H]2O)c1. The number of esters is 1. The van der Waals surface area contributed by atoms with Crippen molar-refractivity contribution in [2.45, 2.75) is 45.4 Å². The van der Waals surface area contributed by atoms with Crippen LogP contribution in [0.15, 0.2) is 60.7 Å². The molecule has 1 aliphatic rings. The van der Waals surface area contributed by atoms with Gasteiger partial charge in [-0.1, -0.05) is 48.0 Å². The van der Waals surface area contributed by atoms with E-state index in [-0.39, 0.29) is 18.4 Å². The van der Waals surface area contributed by atoms with Crippen molar-refractivity contribution in [1.82, 2.24) is 5.32 Å². The average molecular weight is 462 g/mol. The molecule has 4 rings (SSSR count). The summed E-state index contributed by atoms with van der Waals surface area (Å²) >= 11 is 0. The predicted octanol–water partition coefficient (Wildman–Crippen LogP) is 4.65. The number of carbonyl (C=O) groups is 1. The molecule has 0 saturated heterocycles. The molecule has 0 fully saturated rings. The first-order valence-corrected chi connectivity index (χ1v) is 11.6. The van der Waals surface area contributed by atoms with E-state index >= 15 is 0 Å². The summed E-state index contributed by atoms with van der Waals surface area (Å²) in [6, 6.07) is 19.4. The van der Waals surface area contributed by atoms with Gasteiger partial charge in [-0.3, -0.25) is 4.79 Å². The number of rotatable bonds is 9. The van der Waals surface area contributed by atoms with Crippen LogP contribution in [0.5, 0.6) is 17.2 Å². The second-order valence-corrected chi connectivity index (χ2v) is 8.51. The third-order valence-corrected chi connectivity index (χ3v) is 6.03. The first-order valence-electron chi connectivity index (χ1n) is 11.6. The molecule has 0 radical (unpaired) electrons. The molecule has 0 amide bonds. The highest BCUT2D eigenvalue weighted by Crippen LogP contribution is 2.36. The number of aliphatic hydroxyl groups excluding tert-OH is 1. The van der Waals surface area contributed by atoms with Crippen LogP contribution in [0.2, 0.25) is 0 Å². The Balaban J connectivity index is 1.55. The Hall–Kier alpha value is -3.35.